The Morgan fingerprint density at radius 1 is 1.62 bits per heavy atom. The summed E-state index contributed by atoms with van der Waals surface area (Å²) in [5.74, 6) is 0.0417. The van der Waals surface area contributed by atoms with Crippen molar-refractivity contribution in [2.24, 2.45) is 11.3 Å². The lowest BCUT2D eigenvalue weighted by Crippen LogP contribution is -2.23. The summed E-state index contributed by atoms with van der Waals surface area (Å²) in [6.45, 7) is 7.64. The number of nitrogens with zero attached hydrogens (tertiary/aromatic N) is 1. The van der Waals surface area contributed by atoms with Gasteiger partial charge in [0.1, 0.15) is 6.29 Å². The Hall–Kier alpha value is -1.10. The molecular formula is C11H17NO. The second-order valence-electron chi connectivity index (χ2n) is 3.82. The van der Waals surface area contributed by atoms with Crippen LogP contribution in [0, 0.1) is 22.7 Å². The molecule has 2 heteroatoms. The summed E-state index contributed by atoms with van der Waals surface area (Å²) in [5, 5.41) is 8.94. The van der Waals surface area contributed by atoms with Gasteiger partial charge < -0.3 is 4.79 Å². The molecule has 0 aromatic rings. The lowest BCUT2D eigenvalue weighted by atomic mass is 9.74. The van der Waals surface area contributed by atoms with Gasteiger partial charge in [-0.05, 0) is 27.7 Å². The Bertz CT molecular complexity index is 245. The van der Waals surface area contributed by atoms with E-state index >= 15 is 0 Å². The number of aldehydes is 1. The van der Waals surface area contributed by atoms with Gasteiger partial charge in [0, 0.05) is 12.3 Å². The van der Waals surface area contributed by atoms with Crippen LogP contribution in [-0.2, 0) is 4.79 Å². The molecule has 0 aromatic carbocycles. The van der Waals surface area contributed by atoms with E-state index in [1.165, 1.54) is 0 Å². The van der Waals surface area contributed by atoms with E-state index in [-0.39, 0.29) is 5.92 Å². The maximum Gasteiger partial charge on any atom is 0.120 e. The average Bonchev–Trinajstić information content (AvgIpc) is 2.12. The molecule has 1 unspecified atom stereocenters. The van der Waals surface area contributed by atoms with Crippen LogP contribution in [0.25, 0.3) is 0 Å². The lowest BCUT2D eigenvalue weighted by molar-refractivity contribution is -0.108. The quantitative estimate of drug-likeness (QED) is 0.491. The number of carbonyl (C=O) groups is 1. The van der Waals surface area contributed by atoms with E-state index in [9.17, 15) is 4.79 Å². The molecule has 0 saturated heterocycles. The summed E-state index contributed by atoms with van der Waals surface area (Å²) < 4.78 is 0. The maximum atomic E-state index is 10.5. The van der Waals surface area contributed by atoms with Crippen molar-refractivity contribution in [3.63, 3.8) is 0 Å². The third-order valence-corrected chi connectivity index (χ3v) is 2.50. The van der Waals surface area contributed by atoms with Crippen LogP contribution in [0.3, 0.4) is 0 Å². The molecule has 0 aromatic heterocycles. The number of rotatable bonds is 4. The molecule has 0 bridgehead atoms. The molecule has 0 aliphatic carbocycles. The van der Waals surface area contributed by atoms with Gasteiger partial charge >= 0.3 is 0 Å². The highest BCUT2D eigenvalue weighted by Gasteiger charge is 2.29. The molecule has 0 amide bonds. The zero-order valence-corrected chi connectivity index (χ0v) is 8.79. The van der Waals surface area contributed by atoms with Crippen molar-refractivity contribution in [1.82, 2.24) is 0 Å². The monoisotopic (exact) mass is 179 g/mol. The first kappa shape index (κ1) is 11.9. The van der Waals surface area contributed by atoms with Crippen molar-refractivity contribution in [3.8, 4) is 6.07 Å². The number of allylic oxidation sites excluding steroid dienone is 2. The van der Waals surface area contributed by atoms with Gasteiger partial charge in [0.15, 0.2) is 0 Å². The van der Waals surface area contributed by atoms with Crippen LogP contribution in [0.4, 0.5) is 0 Å². The number of hydrogen-bond donors (Lipinski definition) is 0. The predicted molar refractivity (Wildman–Crippen MR) is 53.0 cm³/mol. The van der Waals surface area contributed by atoms with E-state index in [1.54, 1.807) is 0 Å². The molecule has 13 heavy (non-hydrogen) atoms. The molecule has 0 fully saturated rings. The molecule has 0 N–H and O–H groups in total. The van der Waals surface area contributed by atoms with Crippen LogP contribution in [0.2, 0.25) is 0 Å². The minimum Gasteiger partial charge on any atom is -0.303 e. The van der Waals surface area contributed by atoms with E-state index in [4.69, 9.17) is 5.26 Å². The Morgan fingerprint density at radius 2 is 2.15 bits per heavy atom. The van der Waals surface area contributed by atoms with Crippen molar-refractivity contribution in [1.29, 1.82) is 5.26 Å². The Kier molecular flexibility index (Phi) is 4.40. The summed E-state index contributed by atoms with van der Waals surface area (Å²) in [7, 11) is 0. The zero-order valence-electron chi connectivity index (χ0n) is 8.79. The molecule has 0 spiro atoms. The second-order valence-corrected chi connectivity index (χ2v) is 3.82. The molecule has 0 aliphatic rings. The predicted octanol–water partition coefficient (Wildman–Crippen LogP) is 2.71. The molecule has 0 heterocycles. The highest BCUT2D eigenvalue weighted by molar-refractivity contribution is 5.51. The topological polar surface area (TPSA) is 40.9 Å². The van der Waals surface area contributed by atoms with Crippen LogP contribution in [0.5, 0.6) is 0 Å². The molecule has 1 atom stereocenters. The second kappa shape index (κ2) is 4.81. The minimum atomic E-state index is -0.461. The molecular weight excluding hydrogens is 162 g/mol. The first-order valence-electron chi connectivity index (χ1n) is 4.47. The van der Waals surface area contributed by atoms with Gasteiger partial charge in [-0.25, -0.2) is 0 Å². The van der Waals surface area contributed by atoms with Crippen molar-refractivity contribution in [2.45, 2.75) is 34.1 Å². The highest BCUT2D eigenvalue weighted by Crippen LogP contribution is 2.33. The molecule has 72 valence electrons. The lowest BCUT2D eigenvalue weighted by Gasteiger charge is -2.27. The smallest absolute Gasteiger partial charge is 0.120 e. The number of hydrogen-bond acceptors (Lipinski definition) is 2. The van der Waals surface area contributed by atoms with E-state index in [2.05, 4.69) is 6.07 Å². The third kappa shape index (κ3) is 3.02. The number of carbonyl (C=O) groups excluding carboxylic acids is 1. The Labute approximate surface area is 80.3 Å². The van der Waals surface area contributed by atoms with Gasteiger partial charge in [-0.15, -0.1) is 0 Å². The average molecular weight is 179 g/mol. The fourth-order valence-corrected chi connectivity index (χ4v) is 1.43. The van der Waals surface area contributed by atoms with E-state index in [1.807, 2.05) is 33.8 Å². The van der Waals surface area contributed by atoms with Crippen LogP contribution < -0.4 is 0 Å². The van der Waals surface area contributed by atoms with Crippen LogP contribution >= 0.6 is 0 Å². The van der Waals surface area contributed by atoms with Gasteiger partial charge in [0.05, 0.1) is 11.5 Å². The van der Waals surface area contributed by atoms with Gasteiger partial charge in [-0.2, -0.15) is 5.26 Å². The van der Waals surface area contributed by atoms with E-state index in [0.717, 1.165) is 11.9 Å². The minimum absolute atomic E-state index is 0.0417. The van der Waals surface area contributed by atoms with Gasteiger partial charge in [0.25, 0.3) is 0 Å². The van der Waals surface area contributed by atoms with Crippen LogP contribution in [0.15, 0.2) is 11.6 Å². The van der Waals surface area contributed by atoms with Crippen LogP contribution in [-0.4, -0.2) is 6.29 Å². The summed E-state index contributed by atoms with van der Waals surface area (Å²) in [6.07, 6.45) is 3.28. The maximum absolute atomic E-state index is 10.5. The highest BCUT2D eigenvalue weighted by atomic mass is 16.1. The standard InChI is InChI=1S/C11H17NO/c1-5-9(2)10(6-7-13)11(3,4)8-12/h5,7,10H,6H2,1-4H3/b9-5+. The Morgan fingerprint density at radius 3 is 2.46 bits per heavy atom. The molecule has 0 rings (SSSR count). The van der Waals surface area contributed by atoms with Crippen molar-refractivity contribution >= 4 is 6.29 Å². The molecule has 2 nitrogen and oxygen atoms in total. The fraction of sp³-hybridized carbons (Fsp3) is 0.636. The van der Waals surface area contributed by atoms with Gasteiger partial charge in [-0.3, -0.25) is 0 Å². The zero-order chi connectivity index (χ0) is 10.5. The van der Waals surface area contributed by atoms with Gasteiger partial charge in [-0.1, -0.05) is 11.6 Å². The van der Waals surface area contributed by atoms with Gasteiger partial charge in [0.2, 0.25) is 0 Å². The molecule has 0 saturated carbocycles. The summed E-state index contributed by atoms with van der Waals surface area (Å²) in [5.41, 5.74) is 0.649. The largest absolute Gasteiger partial charge is 0.303 e. The first-order valence-corrected chi connectivity index (χ1v) is 4.47. The normalized spacial score (nSPS) is 14.8. The van der Waals surface area contributed by atoms with Crippen molar-refractivity contribution < 1.29 is 4.79 Å². The molecule has 0 aliphatic heterocycles. The molecule has 0 radical (unpaired) electrons. The Balaban J connectivity index is 4.82. The summed E-state index contributed by atoms with van der Waals surface area (Å²) in [4.78, 5) is 10.5. The summed E-state index contributed by atoms with van der Waals surface area (Å²) >= 11 is 0. The van der Waals surface area contributed by atoms with E-state index in [0.29, 0.717) is 6.42 Å². The third-order valence-electron chi connectivity index (χ3n) is 2.50. The fourth-order valence-electron chi connectivity index (χ4n) is 1.43. The SMILES string of the molecule is C/C=C(\C)C(CC=O)C(C)(C)C#N. The van der Waals surface area contributed by atoms with Crippen molar-refractivity contribution in [2.75, 3.05) is 0 Å². The van der Waals surface area contributed by atoms with Crippen LogP contribution in [0.1, 0.15) is 34.1 Å². The first-order chi connectivity index (χ1) is 5.99. The van der Waals surface area contributed by atoms with Crippen molar-refractivity contribution in [3.05, 3.63) is 11.6 Å². The number of nitriles is 1. The summed E-state index contributed by atoms with van der Waals surface area (Å²) in [6, 6.07) is 2.24. The van der Waals surface area contributed by atoms with E-state index < -0.39 is 5.41 Å².